The van der Waals surface area contributed by atoms with Crippen LogP contribution in [0.4, 0.5) is 0 Å². The van der Waals surface area contributed by atoms with E-state index in [1.165, 1.54) is 0 Å². The van der Waals surface area contributed by atoms with Gasteiger partial charge in [0.1, 0.15) is 6.07 Å². The zero-order valence-electron chi connectivity index (χ0n) is 25.6. The molecule has 0 radical (unpaired) electrons. The second-order valence-corrected chi connectivity index (χ2v) is 15.9. The van der Waals surface area contributed by atoms with Crippen molar-refractivity contribution < 1.29 is 9.59 Å². The molecule has 0 spiro atoms. The molecule has 6 nitrogen and oxygen atoms in total. The molecular formula is C34H45N3O3. The van der Waals surface area contributed by atoms with E-state index >= 15 is 0 Å². The Bertz CT molecular complexity index is 1500. The van der Waals surface area contributed by atoms with Gasteiger partial charge in [-0.2, -0.15) is 5.26 Å². The lowest BCUT2D eigenvalue weighted by Gasteiger charge is -2.69. The first kappa shape index (κ1) is 27.5. The summed E-state index contributed by atoms with van der Waals surface area (Å²) in [6.07, 6.45) is 14.1. The smallest absolute Gasteiger partial charge is 0.302 e. The summed E-state index contributed by atoms with van der Waals surface area (Å²) in [5.74, 6) is 0.0233. The van der Waals surface area contributed by atoms with Gasteiger partial charge < -0.3 is 4.57 Å². The number of fused-ring (bicyclic) bond motifs is 7. The first-order valence-electron chi connectivity index (χ1n) is 15.2. The molecule has 0 aromatic carbocycles. The van der Waals surface area contributed by atoms with Crippen LogP contribution in [-0.4, -0.2) is 20.7 Å². The molecule has 0 bridgehead atoms. The van der Waals surface area contributed by atoms with Crippen LogP contribution >= 0.6 is 0 Å². The number of nitrogens with zero attached hydrogens (tertiary/aromatic N) is 3. The molecule has 1 aromatic rings. The third-order valence-electron chi connectivity index (χ3n) is 13.2. The monoisotopic (exact) mass is 543 g/mol. The van der Waals surface area contributed by atoms with Gasteiger partial charge in [0, 0.05) is 36.2 Å². The average Bonchev–Trinajstić information content (AvgIpc) is 3.21. The topological polar surface area (TPSA) is 84.9 Å². The molecule has 6 rings (SSSR count). The molecule has 7 atom stereocenters. The number of Topliss-reactive ketones (excluding diaryl/α,β-unsaturated/α-hetero) is 1. The highest BCUT2D eigenvalue weighted by molar-refractivity contribution is 6.04. The highest BCUT2D eigenvalue weighted by Crippen LogP contribution is 2.74. The van der Waals surface area contributed by atoms with Crippen LogP contribution < -0.4 is 5.69 Å². The third kappa shape index (κ3) is 3.13. The van der Waals surface area contributed by atoms with E-state index in [9.17, 15) is 19.6 Å². The van der Waals surface area contributed by atoms with Crippen molar-refractivity contribution in [3.8, 4) is 6.07 Å². The first-order chi connectivity index (χ1) is 18.5. The summed E-state index contributed by atoms with van der Waals surface area (Å²) in [5, 5.41) is 9.93. The van der Waals surface area contributed by atoms with Gasteiger partial charge in [0.05, 0.1) is 11.1 Å². The summed E-state index contributed by atoms with van der Waals surface area (Å²) in [4.78, 5) is 41.3. The van der Waals surface area contributed by atoms with E-state index in [0.717, 1.165) is 50.5 Å². The molecule has 1 aromatic heterocycles. The Morgan fingerprint density at radius 2 is 1.60 bits per heavy atom. The van der Waals surface area contributed by atoms with Gasteiger partial charge in [0.2, 0.25) is 0 Å². The lowest BCUT2D eigenvalue weighted by Crippen LogP contribution is -2.67. The Morgan fingerprint density at radius 3 is 2.23 bits per heavy atom. The van der Waals surface area contributed by atoms with Gasteiger partial charge in [-0.25, -0.2) is 4.79 Å². The van der Waals surface area contributed by atoms with E-state index in [1.807, 2.05) is 50.0 Å². The van der Waals surface area contributed by atoms with Gasteiger partial charge in [-0.05, 0) is 79.1 Å². The number of imidazole rings is 1. The number of rotatable bonds is 1. The molecule has 214 valence electrons. The molecule has 1 heterocycles. The van der Waals surface area contributed by atoms with Crippen LogP contribution in [0.25, 0.3) is 0 Å². The highest BCUT2D eigenvalue weighted by atomic mass is 16.2. The molecule has 0 amide bonds. The van der Waals surface area contributed by atoms with Crippen LogP contribution in [0.3, 0.4) is 0 Å². The largest absolute Gasteiger partial charge is 0.328 e. The van der Waals surface area contributed by atoms with Crippen LogP contribution in [0, 0.1) is 56.2 Å². The van der Waals surface area contributed by atoms with E-state index in [-0.39, 0.29) is 62.4 Å². The van der Waals surface area contributed by atoms with Crippen molar-refractivity contribution in [2.24, 2.45) is 51.9 Å². The van der Waals surface area contributed by atoms with Crippen LogP contribution in [0.1, 0.15) is 93.4 Å². The molecule has 3 saturated carbocycles. The standard InChI is InChI=1S/C34H45N3O3/c1-29(2)11-13-34(37-16-15-36(8)28(37)40)14-12-33(7)26(22(34)19-29)23(38)17-25-31(5)18-21(20-35)27(39)30(3,4)24(31)9-10-32(25,33)6/h15-18,22,24,26H,9-14,19H2,1-8H3/t22?,24?,26-,31-,32+,33+,34-/m0/s1. The van der Waals surface area contributed by atoms with Gasteiger partial charge in [0.25, 0.3) is 0 Å². The van der Waals surface area contributed by atoms with Gasteiger partial charge in [0.15, 0.2) is 11.6 Å². The van der Waals surface area contributed by atoms with E-state index in [2.05, 4.69) is 40.7 Å². The van der Waals surface area contributed by atoms with Crippen molar-refractivity contribution in [2.75, 3.05) is 0 Å². The molecule has 40 heavy (non-hydrogen) atoms. The van der Waals surface area contributed by atoms with E-state index < -0.39 is 10.8 Å². The molecule has 5 aliphatic rings. The van der Waals surface area contributed by atoms with Crippen LogP contribution in [-0.2, 0) is 22.2 Å². The zero-order valence-corrected chi connectivity index (χ0v) is 25.6. The van der Waals surface area contributed by atoms with Crippen LogP contribution in [0.5, 0.6) is 0 Å². The lowest BCUT2D eigenvalue weighted by atomic mass is 9.35. The predicted octanol–water partition coefficient (Wildman–Crippen LogP) is 6.12. The summed E-state index contributed by atoms with van der Waals surface area (Å²) >= 11 is 0. The number of aromatic nitrogens is 2. The normalized spacial score (nSPS) is 43.3. The number of hydrogen-bond donors (Lipinski definition) is 0. The molecule has 0 aliphatic heterocycles. The second-order valence-electron chi connectivity index (χ2n) is 15.9. The third-order valence-corrected chi connectivity index (χ3v) is 13.2. The fourth-order valence-corrected chi connectivity index (χ4v) is 10.8. The summed E-state index contributed by atoms with van der Waals surface area (Å²) < 4.78 is 3.64. The first-order valence-corrected chi connectivity index (χ1v) is 15.2. The maximum atomic E-state index is 14.6. The Morgan fingerprint density at radius 1 is 0.925 bits per heavy atom. The Kier molecular flexibility index (Phi) is 5.49. The predicted molar refractivity (Wildman–Crippen MR) is 154 cm³/mol. The maximum Gasteiger partial charge on any atom is 0.328 e. The summed E-state index contributed by atoms with van der Waals surface area (Å²) in [6.45, 7) is 15.5. The Hall–Kier alpha value is -2.68. The molecule has 3 fully saturated rings. The SMILES string of the molecule is Cn1ccn([C@]23CCC(C)(C)CC2[C@H]2C(=O)C=C4[C@@]5(C)C=C(C#N)C(=O)C(C)(C)C5CC[C@@]4(C)[C@]2(C)CC3)c1=O. The van der Waals surface area contributed by atoms with Crippen molar-refractivity contribution in [2.45, 2.75) is 99.0 Å². The maximum absolute atomic E-state index is 14.6. The van der Waals surface area contributed by atoms with E-state index in [0.29, 0.717) is 0 Å². The van der Waals surface area contributed by atoms with Crippen LogP contribution in [0.15, 0.2) is 40.5 Å². The minimum Gasteiger partial charge on any atom is -0.302 e. The van der Waals surface area contributed by atoms with Gasteiger partial charge in [-0.15, -0.1) is 0 Å². The van der Waals surface area contributed by atoms with Crippen molar-refractivity contribution >= 4 is 11.6 Å². The highest BCUT2D eigenvalue weighted by Gasteiger charge is 2.70. The van der Waals surface area contributed by atoms with Crippen molar-refractivity contribution in [3.05, 3.63) is 46.2 Å². The summed E-state index contributed by atoms with van der Waals surface area (Å²) in [5.41, 5.74) is -0.635. The Labute approximate surface area is 238 Å². The minimum absolute atomic E-state index is 0.00954. The van der Waals surface area contributed by atoms with E-state index in [4.69, 9.17) is 0 Å². The molecule has 5 aliphatic carbocycles. The molecule has 0 saturated heterocycles. The fraction of sp³-hybridized carbons (Fsp3) is 0.706. The number of carbonyl (C=O) groups excluding carboxylic acids is 2. The fourth-order valence-electron chi connectivity index (χ4n) is 10.8. The molecular weight excluding hydrogens is 498 g/mol. The number of nitriles is 1. The lowest BCUT2D eigenvalue weighted by molar-refractivity contribution is -0.168. The minimum atomic E-state index is -0.666. The average molecular weight is 544 g/mol. The quantitative estimate of drug-likeness (QED) is 0.427. The van der Waals surface area contributed by atoms with Crippen molar-refractivity contribution in [1.29, 1.82) is 5.26 Å². The summed E-state index contributed by atoms with van der Waals surface area (Å²) in [7, 11) is 1.81. The number of hydrogen-bond acceptors (Lipinski definition) is 4. The zero-order chi connectivity index (χ0) is 29.3. The second kappa shape index (κ2) is 7.99. The van der Waals surface area contributed by atoms with Gasteiger partial charge in [-0.3, -0.25) is 14.2 Å². The summed E-state index contributed by atoms with van der Waals surface area (Å²) in [6, 6.07) is 2.19. The number of ketones is 2. The van der Waals surface area contributed by atoms with Gasteiger partial charge in [-0.1, -0.05) is 60.1 Å². The van der Waals surface area contributed by atoms with Crippen molar-refractivity contribution in [1.82, 2.24) is 9.13 Å². The number of aryl methyl sites for hydroxylation is 1. The Balaban J connectivity index is 1.55. The van der Waals surface area contributed by atoms with E-state index in [1.54, 1.807) is 4.57 Å². The van der Waals surface area contributed by atoms with Crippen LogP contribution in [0.2, 0.25) is 0 Å². The number of carbonyl (C=O) groups is 2. The molecule has 6 heteroatoms. The molecule has 2 unspecified atom stereocenters. The van der Waals surface area contributed by atoms with Gasteiger partial charge >= 0.3 is 5.69 Å². The van der Waals surface area contributed by atoms with Crippen molar-refractivity contribution in [3.63, 3.8) is 0 Å². The number of allylic oxidation sites excluding steroid dienone is 4. The molecule has 0 N–H and O–H groups in total.